The predicted molar refractivity (Wildman–Crippen MR) is 92.5 cm³/mol. The van der Waals surface area contributed by atoms with Crippen molar-refractivity contribution in [2.45, 2.75) is 13.5 Å². The summed E-state index contributed by atoms with van der Waals surface area (Å²) in [4.78, 5) is 14.3. The molecule has 4 nitrogen and oxygen atoms in total. The van der Waals surface area contributed by atoms with Crippen LogP contribution in [0.1, 0.15) is 22.8 Å². The number of amides is 1. The molecule has 0 aromatic heterocycles. The molecule has 2 N–H and O–H groups in total. The van der Waals surface area contributed by atoms with Gasteiger partial charge < -0.3 is 15.5 Å². The minimum atomic E-state index is -0.0932. The van der Waals surface area contributed by atoms with E-state index < -0.39 is 0 Å². The molecule has 116 valence electrons. The molecule has 0 aliphatic heterocycles. The Hall–Kier alpha value is -2.33. The van der Waals surface area contributed by atoms with Crippen molar-refractivity contribution in [3.63, 3.8) is 0 Å². The zero-order valence-corrected chi connectivity index (χ0v) is 13.4. The fourth-order valence-electron chi connectivity index (χ4n) is 2.16. The van der Waals surface area contributed by atoms with Gasteiger partial charge in [0.1, 0.15) is 0 Å². The Kier molecular flexibility index (Phi) is 5.55. The number of hydrogen-bond donors (Lipinski definition) is 2. The Morgan fingerprint density at radius 2 is 1.86 bits per heavy atom. The van der Waals surface area contributed by atoms with Crippen LogP contribution in [0.3, 0.4) is 0 Å². The summed E-state index contributed by atoms with van der Waals surface area (Å²) in [5.41, 5.74) is 3.63. The smallest absolute Gasteiger partial charge is 0.255 e. The number of carbonyl (C=O) groups excluding carboxylic acids is 1. The van der Waals surface area contributed by atoms with E-state index in [1.54, 1.807) is 0 Å². The molecule has 0 unspecified atom stereocenters. The van der Waals surface area contributed by atoms with Gasteiger partial charge in [-0.15, -0.1) is 0 Å². The van der Waals surface area contributed by atoms with Crippen molar-refractivity contribution in [2.24, 2.45) is 0 Å². The Morgan fingerprint density at radius 3 is 2.59 bits per heavy atom. The van der Waals surface area contributed by atoms with Gasteiger partial charge in [0, 0.05) is 37.6 Å². The van der Waals surface area contributed by atoms with Gasteiger partial charge in [-0.1, -0.05) is 25.1 Å². The van der Waals surface area contributed by atoms with E-state index in [4.69, 9.17) is 0 Å². The maximum Gasteiger partial charge on any atom is 0.255 e. The summed E-state index contributed by atoms with van der Waals surface area (Å²) in [6.45, 7) is 3.80. The average Bonchev–Trinajstić information content (AvgIpc) is 2.53. The van der Waals surface area contributed by atoms with Crippen LogP contribution in [0.4, 0.5) is 11.4 Å². The molecule has 0 bridgehead atoms. The molecule has 4 heteroatoms. The van der Waals surface area contributed by atoms with Gasteiger partial charge >= 0.3 is 0 Å². The minimum Gasteiger partial charge on any atom is -0.378 e. The second-order valence-electron chi connectivity index (χ2n) is 5.38. The third-order valence-corrected chi connectivity index (χ3v) is 3.39. The Morgan fingerprint density at radius 1 is 1.09 bits per heavy atom. The van der Waals surface area contributed by atoms with Crippen LogP contribution in [-0.4, -0.2) is 26.5 Å². The molecule has 0 saturated carbocycles. The van der Waals surface area contributed by atoms with Crippen molar-refractivity contribution in [2.75, 3.05) is 30.9 Å². The van der Waals surface area contributed by atoms with E-state index in [1.165, 1.54) is 0 Å². The first-order chi connectivity index (χ1) is 10.6. The largest absolute Gasteiger partial charge is 0.378 e. The summed E-state index contributed by atoms with van der Waals surface area (Å²) in [7, 11) is 3.92. The zero-order chi connectivity index (χ0) is 15.9. The molecule has 2 aromatic rings. The number of anilines is 2. The maximum absolute atomic E-state index is 12.4. The monoisotopic (exact) mass is 297 g/mol. The summed E-state index contributed by atoms with van der Waals surface area (Å²) < 4.78 is 0. The van der Waals surface area contributed by atoms with Crippen LogP contribution in [0, 0.1) is 0 Å². The van der Waals surface area contributed by atoms with Gasteiger partial charge in [0.2, 0.25) is 0 Å². The van der Waals surface area contributed by atoms with Gasteiger partial charge in [-0.3, -0.25) is 4.79 Å². The molecule has 0 heterocycles. The van der Waals surface area contributed by atoms with Crippen molar-refractivity contribution in [1.29, 1.82) is 0 Å². The van der Waals surface area contributed by atoms with Gasteiger partial charge in [0.25, 0.3) is 5.91 Å². The van der Waals surface area contributed by atoms with Gasteiger partial charge in [-0.2, -0.15) is 0 Å². The summed E-state index contributed by atoms with van der Waals surface area (Å²) in [6, 6.07) is 15.5. The first kappa shape index (κ1) is 16.0. The van der Waals surface area contributed by atoms with E-state index in [-0.39, 0.29) is 5.91 Å². The molecule has 0 spiro atoms. The fourth-order valence-corrected chi connectivity index (χ4v) is 2.16. The lowest BCUT2D eigenvalue weighted by molar-refractivity contribution is 0.102. The van der Waals surface area contributed by atoms with Crippen LogP contribution in [0.2, 0.25) is 0 Å². The van der Waals surface area contributed by atoms with Crippen molar-refractivity contribution in [1.82, 2.24) is 5.32 Å². The summed E-state index contributed by atoms with van der Waals surface area (Å²) in [6.07, 6.45) is 0. The molecule has 2 aromatic carbocycles. The third kappa shape index (κ3) is 4.33. The number of rotatable bonds is 6. The van der Waals surface area contributed by atoms with Gasteiger partial charge in [-0.05, 0) is 42.4 Å². The van der Waals surface area contributed by atoms with Crippen LogP contribution in [-0.2, 0) is 6.54 Å². The predicted octanol–water partition coefficient (Wildman–Crippen LogP) is 3.11. The number of benzene rings is 2. The molecule has 0 fully saturated rings. The molecular weight excluding hydrogens is 274 g/mol. The van der Waals surface area contributed by atoms with Crippen LogP contribution < -0.4 is 15.5 Å². The number of carbonyl (C=O) groups is 1. The molecule has 0 atom stereocenters. The van der Waals surface area contributed by atoms with Gasteiger partial charge in [-0.25, -0.2) is 0 Å². The Labute approximate surface area is 132 Å². The van der Waals surface area contributed by atoms with E-state index in [0.29, 0.717) is 5.56 Å². The van der Waals surface area contributed by atoms with E-state index in [2.05, 4.69) is 17.6 Å². The zero-order valence-electron chi connectivity index (χ0n) is 13.4. The fraction of sp³-hybridized carbons (Fsp3) is 0.278. The van der Waals surface area contributed by atoms with Crippen LogP contribution >= 0.6 is 0 Å². The maximum atomic E-state index is 12.4. The summed E-state index contributed by atoms with van der Waals surface area (Å²) in [5, 5.41) is 6.23. The Balaban J connectivity index is 2.10. The highest BCUT2D eigenvalue weighted by atomic mass is 16.1. The second kappa shape index (κ2) is 7.61. The number of hydrogen-bond acceptors (Lipinski definition) is 3. The second-order valence-corrected chi connectivity index (χ2v) is 5.38. The first-order valence-corrected chi connectivity index (χ1v) is 7.48. The number of nitrogens with one attached hydrogen (secondary N) is 2. The van der Waals surface area contributed by atoms with Crippen LogP contribution in [0.5, 0.6) is 0 Å². The van der Waals surface area contributed by atoms with Gasteiger partial charge in [0.15, 0.2) is 0 Å². The lowest BCUT2D eigenvalue weighted by Gasteiger charge is -2.13. The molecule has 0 radical (unpaired) electrons. The van der Waals surface area contributed by atoms with E-state index in [1.807, 2.05) is 67.5 Å². The van der Waals surface area contributed by atoms with E-state index >= 15 is 0 Å². The van der Waals surface area contributed by atoms with Crippen LogP contribution in [0.15, 0.2) is 48.5 Å². The minimum absolute atomic E-state index is 0.0932. The van der Waals surface area contributed by atoms with Gasteiger partial charge in [0.05, 0.1) is 0 Å². The molecule has 1 amide bonds. The SMILES string of the molecule is CCNCc1cccc(NC(=O)c2cccc(N(C)C)c2)c1. The highest BCUT2D eigenvalue weighted by molar-refractivity contribution is 6.04. The molecule has 2 rings (SSSR count). The van der Waals surface area contributed by atoms with Crippen molar-refractivity contribution in [3.8, 4) is 0 Å². The van der Waals surface area contributed by atoms with Crippen LogP contribution in [0.25, 0.3) is 0 Å². The average molecular weight is 297 g/mol. The lowest BCUT2D eigenvalue weighted by Crippen LogP contribution is -2.15. The van der Waals surface area contributed by atoms with E-state index in [9.17, 15) is 4.79 Å². The van der Waals surface area contributed by atoms with E-state index in [0.717, 1.165) is 30.0 Å². The number of nitrogens with zero attached hydrogens (tertiary/aromatic N) is 1. The standard InChI is InChI=1S/C18H23N3O/c1-4-19-13-14-7-5-9-16(11-14)20-18(22)15-8-6-10-17(12-15)21(2)3/h5-12,19H,4,13H2,1-3H3,(H,20,22). The molecule has 22 heavy (non-hydrogen) atoms. The van der Waals surface area contributed by atoms with Crippen molar-refractivity contribution >= 4 is 17.3 Å². The van der Waals surface area contributed by atoms with Crippen molar-refractivity contribution in [3.05, 3.63) is 59.7 Å². The molecule has 0 aliphatic rings. The molecule has 0 saturated heterocycles. The Bertz CT molecular complexity index is 638. The molecule has 0 aliphatic carbocycles. The highest BCUT2D eigenvalue weighted by Crippen LogP contribution is 2.16. The topological polar surface area (TPSA) is 44.4 Å². The summed E-state index contributed by atoms with van der Waals surface area (Å²) >= 11 is 0. The normalized spacial score (nSPS) is 10.3. The quantitative estimate of drug-likeness (QED) is 0.861. The summed E-state index contributed by atoms with van der Waals surface area (Å²) in [5.74, 6) is -0.0932. The molecular formula is C18H23N3O. The first-order valence-electron chi connectivity index (χ1n) is 7.48. The lowest BCUT2D eigenvalue weighted by atomic mass is 10.1. The highest BCUT2D eigenvalue weighted by Gasteiger charge is 2.08. The van der Waals surface area contributed by atoms with Crippen molar-refractivity contribution < 1.29 is 4.79 Å². The third-order valence-electron chi connectivity index (χ3n) is 3.39.